The Morgan fingerprint density at radius 1 is 0.529 bits per heavy atom. The molecule has 202 valence electrons. The Bertz CT molecular complexity index is 444. The lowest BCUT2D eigenvalue weighted by Crippen LogP contribution is -2.47. The first-order valence-electron chi connectivity index (χ1n) is 14.8. The van der Waals surface area contributed by atoms with Crippen LogP contribution in [0.15, 0.2) is 0 Å². The number of hydrogen-bond acceptors (Lipinski definition) is 2. The van der Waals surface area contributed by atoms with Crippen molar-refractivity contribution in [2.24, 2.45) is 0 Å². The molecule has 0 spiro atoms. The number of rotatable bonds is 25. The Labute approximate surface area is 212 Å². The van der Waals surface area contributed by atoms with E-state index in [9.17, 15) is 9.59 Å². The molecule has 0 aromatic heterocycles. The minimum atomic E-state index is 0.211. The maximum Gasteiger partial charge on any atom is 0.219 e. The van der Waals surface area contributed by atoms with Crippen LogP contribution in [0.3, 0.4) is 0 Å². The summed E-state index contributed by atoms with van der Waals surface area (Å²) < 4.78 is 1.00. The molecule has 0 fully saturated rings. The Morgan fingerprint density at radius 3 is 1.24 bits per heavy atom. The molecule has 0 rings (SSSR count). The first-order valence-corrected chi connectivity index (χ1v) is 14.8. The molecular weight excluding hydrogens is 422 g/mol. The second kappa shape index (κ2) is 23.6. The van der Waals surface area contributed by atoms with E-state index in [4.69, 9.17) is 0 Å². The van der Waals surface area contributed by atoms with Gasteiger partial charge in [0.05, 0.1) is 26.7 Å². The van der Waals surface area contributed by atoms with Crippen molar-refractivity contribution in [3.63, 3.8) is 0 Å². The van der Waals surface area contributed by atoms with Crippen molar-refractivity contribution in [1.82, 2.24) is 10.6 Å². The molecule has 0 bridgehead atoms. The summed E-state index contributed by atoms with van der Waals surface area (Å²) in [5.41, 5.74) is 0. The lowest BCUT2D eigenvalue weighted by atomic mass is 10.1. The first kappa shape index (κ1) is 32.9. The van der Waals surface area contributed by atoms with Gasteiger partial charge in [0.25, 0.3) is 0 Å². The van der Waals surface area contributed by atoms with Crippen molar-refractivity contribution in [3.05, 3.63) is 0 Å². The van der Waals surface area contributed by atoms with Crippen LogP contribution in [-0.2, 0) is 9.59 Å². The van der Waals surface area contributed by atoms with Crippen molar-refractivity contribution in [2.75, 3.05) is 39.8 Å². The third-order valence-corrected chi connectivity index (χ3v) is 7.17. The predicted molar refractivity (Wildman–Crippen MR) is 147 cm³/mol. The van der Waals surface area contributed by atoms with E-state index in [0.717, 1.165) is 62.9 Å². The molecular formula is C29H60N3O2+. The predicted octanol–water partition coefficient (Wildman–Crippen LogP) is 6.75. The summed E-state index contributed by atoms with van der Waals surface area (Å²) >= 11 is 0. The molecule has 0 aliphatic heterocycles. The Balaban J connectivity index is 3.71. The molecule has 2 amide bonds. The minimum Gasteiger partial charge on any atom is -0.356 e. The zero-order valence-corrected chi connectivity index (χ0v) is 23.5. The fraction of sp³-hybridized carbons (Fsp3) is 0.931. The highest BCUT2D eigenvalue weighted by molar-refractivity contribution is 5.76. The highest BCUT2D eigenvalue weighted by Gasteiger charge is 2.18. The maximum atomic E-state index is 12.0. The van der Waals surface area contributed by atoms with Gasteiger partial charge in [-0.2, -0.15) is 0 Å². The number of nitrogens with zero attached hydrogens (tertiary/aromatic N) is 1. The zero-order chi connectivity index (χ0) is 25.3. The van der Waals surface area contributed by atoms with Crippen molar-refractivity contribution in [2.45, 2.75) is 136 Å². The van der Waals surface area contributed by atoms with Gasteiger partial charge in [-0.1, -0.05) is 90.9 Å². The van der Waals surface area contributed by atoms with Gasteiger partial charge in [-0.05, 0) is 19.8 Å². The molecule has 0 saturated heterocycles. The van der Waals surface area contributed by atoms with Gasteiger partial charge in [-0.3, -0.25) is 9.59 Å². The summed E-state index contributed by atoms with van der Waals surface area (Å²) in [5.74, 6) is 0.422. The Morgan fingerprint density at radius 2 is 0.882 bits per heavy atom. The highest BCUT2D eigenvalue weighted by Crippen LogP contribution is 2.10. The van der Waals surface area contributed by atoms with Gasteiger partial charge in [0.1, 0.15) is 0 Å². The topological polar surface area (TPSA) is 58.2 Å². The SMILES string of the molecule is CCCCCCCCCC(=O)NCCC[N+](C)(CC)CCCNC(=O)CCCCCCCCC. The van der Waals surface area contributed by atoms with E-state index in [-0.39, 0.29) is 11.8 Å². The van der Waals surface area contributed by atoms with Gasteiger partial charge in [-0.15, -0.1) is 0 Å². The van der Waals surface area contributed by atoms with E-state index >= 15 is 0 Å². The van der Waals surface area contributed by atoms with E-state index in [1.807, 2.05) is 0 Å². The van der Waals surface area contributed by atoms with E-state index < -0.39 is 0 Å². The molecule has 5 nitrogen and oxygen atoms in total. The van der Waals surface area contributed by atoms with Gasteiger partial charge in [0, 0.05) is 38.8 Å². The van der Waals surface area contributed by atoms with E-state index in [1.54, 1.807) is 0 Å². The number of carbonyl (C=O) groups is 2. The van der Waals surface area contributed by atoms with Crippen molar-refractivity contribution in [1.29, 1.82) is 0 Å². The third kappa shape index (κ3) is 21.4. The van der Waals surface area contributed by atoms with E-state index in [2.05, 4.69) is 38.5 Å². The summed E-state index contributed by atoms with van der Waals surface area (Å²) in [7, 11) is 2.29. The maximum absolute atomic E-state index is 12.0. The first-order chi connectivity index (χ1) is 16.5. The number of hydrogen-bond donors (Lipinski definition) is 2. The third-order valence-electron chi connectivity index (χ3n) is 7.17. The summed E-state index contributed by atoms with van der Waals surface area (Å²) in [5, 5.41) is 6.21. The molecule has 0 aliphatic carbocycles. The van der Waals surface area contributed by atoms with Crippen molar-refractivity contribution >= 4 is 11.8 Å². The second-order valence-corrected chi connectivity index (χ2v) is 10.5. The highest BCUT2D eigenvalue weighted by atomic mass is 16.2. The molecule has 0 aliphatic rings. The van der Waals surface area contributed by atoms with Crippen LogP contribution in [0, 0.1) is 0 Å². The molecule has 2 N–H and O–H groups in total. The molecule has 5 heteroatoms. The summed E-state index contributed by atoms with van der Waals surface area (Å²) in [6, 6.07) is 0. The van der Waals surface area contributed by atoms with Crippen molar-refractivity contribution in [3.8, 4) is 0 Å². The van der Waals surface area contributed by atoms with Crippen LogP contribution in [0.5, 0.6) is 0 Å². The zero-order valence-electron chi connectivity index (χ0n) is 23.5. The largest absolute Gasteiger partial charge is 0.356 e. The number of quaternary nitrogens is 1. The summed E-state index contributed by atoms with van der Waals surface area (Å²) in [6.45, 7) is 11.5. The molecule has 34 heavy (non-hydrogen) atoms. The minimum absolute atomic E-state index is 0.211. The molecule has 0 aromatic carbocycles. The molecule has 0 radical (unpaired) electrons. The van der Waals surface area contributed by atoms with Crippen LogP contribution in [0.2, 0.25) is 0 Å². The monoisotopic (exact) mass is 482 g/mol. The van der Waals surface area contributed by atoms with E-state index in [1.165, 1.54) is 77.0 Å². The van der Waals surface area contributed by atoms with Gasteiger partial charge in [0.2, 0.25) is 11.8 Å². The molecule has 0 unspecified atom stereocenters. The van der Waals surface area contributed by atoms with Gasteiger partial charge >= 0.3 is 0 Å². The standard InChI is InChI=1S/C29H59N3O2/c1-5-8-10-12-14-16-18-22-28(33)30-24-20-26-32(4,7-3)27-21-25-31-29(34)23-19-17-15-13-11-9-6-2/h5-27H2,1-4H3,(H-,30,31,33,34)/p+1. The fourth-order valence-corrected chi connectivity index (χ4v) is 4.47. The van der Waals surface area contributed by atoms with Crippen molar-refractivity contribution < 1.29 is 14.1 Å². The van der Waals surface area contributed by atoms with Gasteiger partial charge in [-0.25, -0.2) is 0 Å². The lowest BCUT2D eigenvalue weighted by Gasteiger charge is -2.33. The fourth-order valence-electron chi connectivity index (χ4n) is 4.47. The smallest absolute Gasteiger partial charge is 0.219 e. The van der Waals surface area contributed by atoms with E-state index in [0.29, 0.717) is 12.8 Å². The number of nitrogens with one attached hydrogen (secondary N) is 2. The Hall–Kier alpha value is -1.10. The summed E-state index contributed by atoms with van der Waals surface area (Å²) in [6.07, 6.45) is 20.8. The number of carbonyl (C=O) groups excluding carboxylic acids is 2. The number of unbranched alkanes of at least 4 members (excludes halogenated alkanes) is 12. The second-order valence-electron chi connectivity index (χ2n) is 10.5. The normalized spacial score (nSPS) is 11.5. The molecule has 0 atom stereocenters. The Kier molecular flexibility index (Phi) is 22.9. The van der Waals surface area contributed by atoms with Crippen LogP contribution < -0.4 is 10.6 Å². The van der Waals surface area contributed by atoms with Crippen LogP contribution in [-0.4, -0.2) is 56.1 Å². The average molecular weight is 483 g/mol. The van der Waals surface area contributed by atoms with Crippen LogP contribution in [0.1, 0.15) is 136 Å². The molecule has 0 aromatic rings. The quantitative estimate of drug-likeness (QED) is 0.112. The average Bonchev–Trinajstić information content (AvgIpc) is 2.83. The van der Waals surface area contributed by atoms with Crippen LogP contribution in [0.4, 0.5) is 0 Å². The summed E-state index contributed by atoms with van der Waals surface area (Å²) in [4.78, 5) is 24.1. The van der Waals surface area contributed by atoms with Gasteiger partial charge < -0.3 is 15.1 Å². The van der Waals surface area contributed by atoms with Crippen LogP contribution >= 0.6 is 0 Å². The number of amides is 2. The van der Waals surface area contributed by atoms with Crippen LogP contribution in [0.25, 0.3) is 0 Å². The lowest BCUT2D eigenvalue weighted by molar-refractivity contribution is -0.908. The van der Waals surface area contributed by atoms with Gasteiger partial charge in [0.15, 0.2) is 0 Å². The molecule has 0 heterocycles. The molecule has 0 saturated carbocycles.